The first kappa shape index (κ1) is 11.4. The highest BCUT2D eigenvalue weighted by molar-refractivity contribution is 6.09. The normalized spacial score (nSPS) is 13.2. The van der Waals surface area contributed by atoms with E-state index in [1.807, 2.05) is 0 Å². The highest BCUT2D eigenvalue weighted by Gasteiger charge is 2.16. The van der Waals surface area contributed by atoms with E-state index in [9.17, 15) is 9.59 Å². The molecule has 0 aliphatic carbocycles. The molecule has 5 nitrogen and oxygen atoms in total. The van der Waals surface area contributed by atoms with Gasteiger partial charge in [0.15, 0.2) is 5.78 Å². The number of fused-ring (bicyclic) bond motifs is 1. The summed E-state index contributed by atoms with van der Waals surface area (Å²) >= 11 is 0. The molecule has 2 amide bonds. The van der Waals surface area contributed by atoms with Gasteiger partial charge in [0.1, 0.15) is 0 Å². The van der Waals surface area contributed by atoms with Crippen LogP contribution in [0.25, 0.3) is 0 Å². The number of hydrogen-bond acceptors (Lipinski definition) is 3. The number of urea groups is 1. The molecule has 0 fully saturated rings. The van der Waals surface area contributed by atoms with Crippen LogP contribution in [0.1, 0.15) is 21.5 Å². The first-order valence-corrected chi connectivity index (χ1v) is 5.86. The molecule has 0 spiro atoms. The van der Waals surface area contributed by atoms with Crippen molar-refractivity contribution in [3.63, 3.8) is 0 Å². The van der Waals surface area contributed by atoms with Crippen LogP contribution in [0.5, 0.6) is 0 Å². The summed E-state index contributed by atoms with van der Waals surface area (Å²) in [4.78, 5) is 27.4. The molecule has 1 aromatic carbocycles. The van der Waals surface area contributed by atoms with Gasteiger partial charge in [-0.3, -0.25) is 9.78 Å². The van der Waals surface area contributed by atoms with E-state index in [4.69, 9.17) is 0 Å². The molecule has 1 aliphatic rings. The molecule has 0 atom stereocenters. The lowest BCUT2D eigenvalue weighted by Crippen LogP contribution is -2.33. The summed E-state index contributed by atoms with van der Waals surface area (Å²) in [6.07, 6.45) is 3.17. The molecule has 0 unspecified atom stereocenters. The molecule has 1 aliphatic heterocycles. The number of benzene rings is 1. The zero-order valence-electron chi connectivity index (χ0n) is 10.0. The van der Waals surface area contributed by atoms with E-state index >= 15 is 0 Å². The van der Waals surface area contributed by atoms with Gasteiger partial charge in [0.05, 0.1) is 0 Å². The average Bonchev–Trinajstić information content (AvgIpc) is 2.47. The van der Waals surface area contributed by atoms with Crippen molar-refractivity contribution in [2.75, 3.05) is 5.32 Å². The van der Waals surface area contributed by atoms with Gasteiger partial charge in [0, 0.05) is 35.8 Å². The van der Waals surface area contributed by atoms with Crippen molar-refractivity contribution in [1.29, 1.82) is 0 Å². The Balaban J connectivity index is 1.95. The summed E-state index contributed by atoms with van der Waals surface area (Å²) in [7, 11) is 0. The van der Waals surface area contributed by atoms with Crippen molar-refractivity contribution in [1.82, 2.24) is 10.3 Å². The minimum Gasteiger partial charge on any atom is -0.334 e. The Hall–Kier alpha value is -2.69. The Labute approximate surface area is 109 Å². The third-order valence-corrected chi connectivity index (χ3v) is 2.98. The second-order valence-corrected chi connectivity index (χ2v) is 4.25. The van der Waals surface area contributed by atoms with Gasteiger partial charge in [-0.2, -0.15) is 0 Å². The van der Waals surface area contributed by atoms with Crippen molar-refractivity contribution < 1.29 is 9.59 Å². The highest BCUT2D eigenvalue weighted by atomic mass is 16.2. The summed E-state index contributed by atoms with van der Waals surface area (Å²) in [5, 5.41) is 5.36. The molecule has 0 saturated carbocycles. The SMILES string of the molecule is O=C1NCc2cc(C(=O)c3cccnc3)ccc2N1. The van der Waals surface area contributed by atoms with Crippen LogP contribution in [0.2, 0.25) is 0 Å². The number of aromatic nitrogens is 1. The molecule has 2 N–H and O–H groups in total. The minimum atomic E-state index is -0.223. The lowest BCUT2D eigenvalue weighted by Gasteiger charge is -2.18. The number of carbonyl (C=O) groups is 2. The van der Waals surface area contributed by atoms with Crippen molar-refractivity contribution in [2.24, 2.45) is 0 Å². The lowest BCUT2D eigenvalue weighted by atomic mass is 10.0. The number of pyridine rings is 1. The Morgan fingerprint density at radius 3 is 2.89 bits per heavy atom. The van der Waals surface area contributed by atoms with Crippen molar-refractivity contribution in [2.45, 2.75) is 6.54 Å². The first-order valence-electron chi connectivity index (χ1n) is 5.86. The van der Waals surface area contributed by atoms with Crippen LogP contribution < -0.4 is 10.6 Å². The predicted molar refractivity (Wildman–Crippen MR) is 70.0 cm³/mol. The van der Waals surface area contributed by atoms with Crippen LogP contribution in [0.3, 0.4) is 0 Å². The third kappa shape index (κ3) is 2.18. The molecule has 94 valence electrons. The molecule has 0 radical (unpaired) electrons. The summed E-state index contributed by atoms with van der Waals surface area (Å²) < 4.78 is 0. The molecule has 0 saturated heterocycles. The fraction of sp³-hybridized carbons (Fsp3) is 0.0714. The average molecular weight is 253 g/mol. The van der Waals surface area contributed by atoms with Crippen LogP contribution >= 0.6 is 0 Å². The van der Waals surface area contributed by atoms with E-state index in [2.05, 4.69) is 15.6 Å². The number of ketones is 1. The van der Waals surface area contributed by atoms with Gasteiger partial charge in [-0.05, 0) is 35.9 Å². The largest absolute Gasteiger partial charge is 0.334 e. The smallest absolute Gasteiger partial charge is 0.319 e. The fourth-order valence-corrected chi connectivity index (χ4v) is 2.01. The molecular weight excluding hydrogens is 242 g/mol. The van der Waals surface area contributed by atoms with E-state index < -0.39 is 0 Å². The van der Waals surface area contributed by atoms with Gasteiger partial charge < -0.3 is 10.6 Å². The number of anilines is 1. The van der Waals surface area contributed by atoms with Crippen LogP contribution in [0, 0.1) is 0 Å². The number of rotatable bonds is 2. The second kappa shape index (κ2) is 4.53. The van der Waals surface area contributed by atoms with Crippen LogP contribution in [0.4, 0.5) is 10.5 Å². The number of carbonyl (C=O) groups excluding carboxylic acids is 2. The maximum atomic E-state index is 12.2. The fourth-order valence-electron chi connectivity index (χ4n) is 2.01. The third-order valence-electron chi connectivity index (χ3n) is 2.98. The van der Waals surface area contributed by atoms with Gasteiger partial charge >= 0.3 is 6.03 Å². The summed E-state index contributed by atoms with van der Waals surface area (Å²) in [6, 6.07) is 8.48. The van der Waals surface area contributed by atoms with Crippen molar-refractivity contribution >= 4 is 17.5 Å². The molecule has 0 bridgehead atoms. The van der Waals surface area contributed by atoms with Gasteiger partial charge in [0.2, 0.25) is 0 Å². The van der Waals surface area contributed by atoms with Crippen LogP contribution in [0.15, 0.2) is 42.7 Å². The summed E-state index contributed by atoms with van der Waals surface area (Å²) in [5.41, 5.74) is 2.78. The van der Waals surface area contributed by atoms with Gasteiger partial charge in [0.25, 0.3) is 0 Å². The summed E-state index contributed by atoms with van der Waals surface area (Å²) in [5.74, 6) is -0.0761. The molecular formula is C14H11N3O2. The second-order valence-electron chi connectivity index (χ2n) is 4.25. The van der Waals surface area contributed by atoms with E-state index in [1.54, 1.807) is 42.7 Å². The maximum Gasteiger partial charge on any atom is 0.319 e. The molecule has 5 heteroatoms. The van der Waals surface area contributed by atoms with Crippen LogP contribution in [-0.2, 0) is 6.54 Å². The topological polar surface area (TPSA) is 71.1 Å². The standard InChI is InChI=1S/C14H11N3O2/c18-13(10-2-1-5-15-7-10)9-3-4-12-11(6-9)8-16-14(19)17-12/h1-7H,8H2,(H2,16,17,19). The molecule has 3 rings (SSSR count). The lowest BCUT2D eigenvalue weighted by molar-refractivity contribution is 0.103. The number of nitrogens with zero attached hydrogens (tertiary/aromatic N) is 1. The number of amides is 2. The first-order chi connectivity index (χ1) is 9.24. The summed E-state index contributed by atoms with van der Waals surface area (Å²) in [6.45, 7) is 0.426. The zero-order valence-corrected chi connectivity index (χ0v) is 10.0. The molecule has 2 aromatic rings. The Morgan fingerprint density at radius 1 is 1.21 bits per heavy atom. The Kier molecular flexibility index (Phi) is 2.72. The molecule has 1 aromatic heterocycles. The predicted octanol–water partition coefficient (Wildman–Crippen LogP) is 1.95. The van der Waals surface area contributed by atoms with Gasteiger partial charge in [-0.15, -0.1) is 0 Å². The van der Waals surface area contributed by atoms with Crippen molar-refractivity contribution in [3.05, 3.63) is 59.4 Å². The van der Waals surface area contributed by atoms with E-state index in [-0.39, 0.29) is 11.8 Å². The number of hydrogen-bond donors (Lipinski definition) is 2. The Morgan fingerprint density at radius 2 is 2.11 bits per heavy atom. The van der Waals surface area contributed by atoms with Gasteiger partial charge in [-0.1, -0.05) is 0 Å². The number of nitrogens with one attached hydrogen (secondary N) is 2. The molecule has 2 heterocycles. The van der Waals surface area contributed by atoms with Gasteiger partial charge in [-0.25, -0.2) is 4.79 Å². The van der Waals surface area contributed by atoms with E-state index in [0.717, 1.165) is 11.3 Å². The van der Waals surface area contributed by atoms with Crippen LogP contribution in [-0.4, -0.2) is 16.8 Å². The van der Waals surface area contributed by atoms with E-state index in [0.29, 0.717) is 17.7 Å². The Bertz CT molecular complexity index is 653. The monoisotopic (exact) mass is 253 g/mol. The quantitative estimate of drug-likeness (QED) is 0.803. The maximum absolute atomic E-state index is 12.2. The highest BCUT2D eigenvalue weighted by Crippen LogP contribution is 2.21. The van der Waals surface area contributed by atoms with E-state index in [1.165, 1.54) is 0 Å². The minimum absolute atomic E-state index is 0.0761. The van der Waals surface area contributed by atoms with Crippen molar-refractivity contribution in [3.8, 4) is 0 Å². The molecule has 19 heavy (non-hydrogen) atoms. The zero-order chi connectivity index (χ0) is 13.2.